The van der Waals surface area contributed by atoms with Gasteiger partial charge in [-0.1, -0.05) is 18.2 Å². The summed E-state index contributed by atoms with van der Waals surface area (Å²) in [6, 6.07) is 8.81. The van der Waals surface area contributed by atoms with E-state index in [4.69, 9.17) is 4.74 Å². The molecule has 1 unspecified atom stereocenters. The predicted molar refractivity (Wildman–Crippen MR) is 80.1 cm³/mol. The Morgan fingerprint density at radius 3 is 3.29 bits per heavy atom. The highest BCUT2D eigenvalue weighted by Crippen LogP contribution is 2.23. The van der Waals surface area contributed by atoms with Gasteiger partial charge in [0, 0.05) is 44.2 Å². The van der Waals surface area contributed by atoms with E-state index in [1.54, 1.807) is 6.33 Å². The van der Waals surface area contributed by atoms with Crippen LogP contribution in [0.15, 0.2) is 30.6 Å². The molecule has 1 aromatic heterocycles. The molecule has 5 heteroatoms. The molecular weight excluding hydrogens is 264 g/mol. The van der Waals surface area contributed by atoms with Gasteiger partial charge in [0.05, 0.1) is 17.7 Å². The van der Waals surface area contributed by atoms with Crippen molar-refractivity contribution >= 4 is 0 Å². The summed E-state index contributed by atoms with van der Waals surface area (Å²) in [6.07, 6.45) is 2.79. The Hall–Kier alpha value is -1.85. The van der Waals surface area contributed by atoms with E-state index < -0.39 is 0 Å². The van der Waals surface area contributed by atoms with Crippen LogP contribution in [0.2, 0.25) is 0 Å². The van der Waals surface area contributed by atoms with E-state index in [9.17, 15) is 0 Å². The number of nitrogens with zero attached hydrogens (tertiary/aromatic N) is 2. The second-order valence-electron chi connectivity index (χ2n) is 5.80. The molecule has 5 nitrogen and oxygen atoms in total. The van der Waals surface area contributed by atoms with Crippen LogP contribution in [0, 0.1) is 0 Å². The molecule has 2 aromatic rings. The molecule has 4 rings (SSSR count). The average Bonchev–Trinajstić information content (AvgIpc) is 2.87. The fourth-order valence-electron chi connectivity index (χ4n) is 3.21. The molecule has 0 aliphatic carbocycles. The quantitative estimate of drug-likeness (QED) is 0.873. The zero-order valence-corrected chi connectivity index (χ0v) is 12.0. The van der Waals surface area contributed by atoms with Crippen molar-refractivity contribution in [2.45, 2.75) is 25.6 Å². The van der Waals surface area contributed by atoms with Gasteiger partial charge in [-0.15, -0.1) is 0 Å². The molecule has 0 saturated carbocycles. The molecular formula is C16H20N4O. The van der Waals surface area contributed by atoms with Crippen LogP contribution in [-0.2, 0) is 19.5 Å². The predicted octanol–water partition coefficient (Wildman–Crippen LogP) is 1.32. The van der Waals surface area contributed by atoms with Crippen LogP contribution >= 0.6 is 0 Å². The smallest absolute Gasteiger partial charge is 0.123 e. The van der Waals surface area contributed by atoms with Crippen molar-refractivity contribution in [1.82, 2.24) is 20.2 Å². The Morgan fingerprint density at radius 1 is 1.33 bits per heavy atom. The van der Waals surface area contributed by atoms with Gasteiger partial charge in [0.25, 0.3) is 0 Å². The summed E-state index contributed by atoms with van der Waals surface area (Å²) in [5.41, 5.74) is 3.73. The highest BCUT2D eigenvalue weighted by Gasteiger charge is 2.23. The normalized spacial score (nSPS) is 22.0. The molecule has 0 spiro atoms. The standard InChI is InChI=1S/C16H20N4O/c1-2-4-16-12(3-1)9-20(5-6-21-16)10-13-7-14-15(8-17-13)19-11-18-14/h1-4,11,13,17H,5-10H2,(H,18,19). The minimum absolute atomic E-state index is 0.464. The number of hydrogen-bond donors (Lipinski definition) is 2. The van der Waals surface area contributed by atoms with Gasteiger partial charge in [-0.3, -0.25) is 4.90 Å². The van der Waals surface area contributed by atoms with E-state index in [1.807, 2.05) is 6.07 Å². The Labute approximate surface area is 124 Å². The van der Waals surface area contributed by atoms with E-state index in [0.29, 0.717) is 6.04 Å². The number of nitrogens with one attached hydrogen (secondary N) is 2. The Bertz CT molecular complexity index is 624. The number of benzene rings is 1. The minimum atomic E-state index is 0.464. The largest absolute Gasteiger partial charge is 0.492 e. The molecule has 0 amide bonds. The van der Waals surface area contributed by atoms with Crippen LogP contribution in [0.5, 0.6) is 5.75 Å². The van der Waals surface area contributed by atoms with Crippen molar-refractivity contribution in [3.05, 3.63) is 47.5 Å². The highest BCUT2D eigenvalue weighted by molar-refractivity contribution is 5.33. The summed E-state index contributed by atoms with van der Waals surface area (Å²) >= 11 is 0. The molecule has 110 valence electrons. The van der Waals surface area contributed by atoms with Crippen molar-refractivity contribution in [2.24, 2.45) is 0 Å². The van der Waals surface area contributed by atoms with E-state index in [-0.39, 0.29) is 0 Å². The lowest BCUT2D eigenvalue weighted by Crippen LogP contribution is -2.45. The lowest BCUT2D eigenvalue weighted by molar-refractivity contribution is 0.202. The Balaban J connectivity index is 1.44. The van der Waals surface area contributed by atoms with Crippen LogP contribution in [0.1, 0.15) is 17.0 Å². The van der Waals surface area contributed by atoms with E-state index >= 15 is 0 Å². The van der Waals surface area contributed by atoms with Crippen molar-refractivity contribution in [2.75, 3.05) is 19.7 Å². The van der Waals surface area contributed by atoms with Gasteiger partial charge >= 0.3 is 0 Å². The molecule has 2 N–H and O–H groups in total. The Kier molecular flexibility index (Phi) is 3.37. The summed E-state index contributed by atoms with van der Waals surface area (Å²) in [4.78, 5) is 10.1. The fourth-order valence-corrected chi connectivity index (χ4v) is 3.21. The number of fused-ring (bicyclic) bond motifs is 2. The summed E-state index contributed by atoms with van der Waals surface area (Å²) in [6.45, 7) is 4.62. The molecule has 2 aliphatic rings. The van der Waals surface area contributed by atoms with Crippen molar-refractivity contribution in [3.8, 4) is 5.75 Å². The maximum Gasteiger partial charge on any atom is 0.123 e. The maximum absolute atomic E-state index is 5.83. The van der Waals surface area contributed by atoms with Gasteiger partial charge in [-0.05, 0) is 6.07 Å². The van der Waals surface area contributed by atoms with Gasteiger partial charge in [-0.25, -0.2) is 4.98 Å². The van der Waals surface area contributed by atoms with Gasteiger partial charge < -0.3 is 15.0 Å². The number of imidazole rings is 1. The number of rotatable bonds is 2. The SMILES string of the molecule is c1ccc2c(c1)CN(CC1Cc3nc[nH]c3CN1)CCO2. The van der Waals surface area contributed by atoms with Gasteiger partial charge in [0.15, 0.2) is 0 Å². The summed E-state index contributed by atoms with van der Waals surface area (Å²) < 4.78 is 5.83. The number of hydrogen-bond acceptors (Lipinski definition) is 4. The third kappa shape index (κ3) is 2.66. The van der Waals surface area contributed by atoms with Crippen molar-refractivity contribution in [3.63, 3.8) is 0 Å². The first-order valence-corrected chi connectivity index (χ1v) is 7.56. The maximum atomic E-state index is 5.83. The lowest BCUT2D eigenvalue weighted by Gasteiger charge is -2.29. The average molecular weight is 284 g/mol. The van der Waals surface area contributed by atoms with Crippen molar-refractivity contribution < 1.29 is 4.74 Å². The van der Waals surface area contributed by atoms with Crippen LogP contribution in [-0.4, -0.2) is 40.6 Å². The number of aromatic nitrogens is 2. The molecule has 0 bridgehead atoms. The van der Waals surface area contributed by atoms with Gasteiger partial charge in [0.2, 0.25) is 0 Å². The number of ether oxygens (including phenoxy) is 1. The zero-order valence-electron chi connectivity index (χ0n) is 12.0. The van der Waals surface area contributed by atoms with E-state index in [1.165, 1.54) is 17.0 Å². The van der Waals surface area contributed by atoms with Crippen LogP contribution in [0.3, 0.4) is 0 Å². The molecule has 21 heavy (non-hydrogen) atoms. The van der Waals surface area contributed by atoms with Gasteiger partial charge in [-0.2, -0.15) is 0 Å². The second kappa shape index (κ2) is 5.50. The molecule has 2 aliphatic heterocycles. The molecule has 1 aromatic carbocycles. The molecule has 3 heterocycles. The second-order valence-corrected chi connectivity index (χ2v) is 5.80. The monoisotopic (exact) mass is 284 g/mol. The first-order chi connectivity index (χ1) is 10.4. The van der Waals surface area contributed by atoms with E-state index in [0.717, 1.165) is 45.0 Å². The number of aromatic amines is 1. The Morgan fingerprint density at radius 2 is 2.29 bits per heavy atom. The zero-order chi connectivity index (χ0) is 14.1. The first-order valence-electron chi connectivity index (χ1n) is 7.56. The topological polar surface area (TPSA) is 53.2 Å². The van der Waals surface area contributed by atoms with E-state index in [2.05, 4.69) is 38.4 Å². The summed E-state index contributed by atoms with van der Waals surface area (Å²) in [5, 5.41) is 3.60. The lowest BCUT2D eigenvalue weighted by atomic mass is 10.0. The first kappa shape index (κ1) is 12.9. The third-order valence-corrected chi connectivity index (χ3v) is 4.33. The third-order valence-electron chi connectivity index (χ3n) is 4.33. The van der Waals surface area contributed by atoms with Crippen molar-refractivity contribution in [1.29, 1.82) is 0 Å². The number of para-hydroxylation sites is 1. The molecule has 0 saturated heterocycles. The molecule has 1 atom stereocenters. The van der Waals surface area contributed by atoms with Crippen LogP contribution < -0.4 is 10.1 Å². The number of H-pyrrole nitrogens is 1. The summed E-state index contributed by atoms with van der Waals surface area (Å²) in [5.74, 6) is 1.03. The van der Waals surface area contributed by atoms with Gasteiger partial charge in [0.1, 0.15) is 12.4 Å². The van der Waals surface area contributed by atoms with Crippen LogP contribution in [0.4, 0.5) is 0 Å². The molecule has 0 fully saturated rings. The summed E-state index contributed by atoms with van der Waals surface area (Å²) in [7, 11) is 0. The fraction of sp³-hybridized carbons (Fsp3) is 0.438. The minimum Gasteiger partial charge on any atom is -0.492 e. The van der Waals surface area contributed by atoms with Crippen LogP contribution in [0.25, 0.3) is 0 Å². The highest BCUT2D eigenvalue weighted by atomic mass is 16.5. The molecule has 0 radical (unpaired) electrons.